The van der Waals surface area contributed by atoms with Crippen LogP contribution >= 0.6 is 0 Å². The second-order valence-corrected chi connectivity index (χ2v) is 4.73. The highest BCUT2D eigenvalue weighted by Crippen LogP contribution is 2.38. The van der Waals surface area contributed by atoms with E-state index in [1.807, 2.05) is 24.3 Å². The van der Waals surface area contributed by atoms with Crippen LogP contribution in [0.3, 0.4) is 0 Å². The Kier molecular flexibility index (Phi) is 3.46. The number of hydrogen-bond donors (Lipinski definition) is 1. The minimum absolute atomic E-state index is 0.160. The second kappa shape index (κ2) is 5.40. The van der Waals surface area contributed by atoms with Gasteiger partial charge in [0.1, 0.15) is 5.75 Å². The van der Waals surface area contributed by atoms with Gasteiger partial charge in [0.05, 0.1) is 0 Å². The molecule has 5 heteroatoms. The summed E-state index contributed by atoms with van der Waals surface area (Å²) >= 11 is 0. The second-order valence-electron chi connectivity index (χ2n) is 4.73. The Bertz CT molecular complexity index is 532. The summed E-state index contributed by atoms with van der Waals surface area (Å²) < 4.78 is 10.8. The molecule has 1 aliphatic rings. The van der Waals surface area contributed by atoms with E-state index in [2.05, 4.69) is 10.1 Å². The molecule has 0 atom stereocenters. The first-order chi connectivity index (χ1) is 9.35. The summed E-state index contributed by atoms with van der Waals surface area (Å²) in [4.78, 5) is 4.30. The molecule has 3 rings (SSSR count). The number of aliphatic hydroxyl groups excluding tert-OH is 1. The molecular weight excluding hydrogens is 244 g/mol. The van der Waals surface area contributed by atoms with Crippen LogP contribution < -0.4 is 4.74 Å². The molecule has 0 bridgehead atoms. The van der Waals surface area contributed by atoms with Gasteiger partial charge >= 0.3 is 0 Å². The van der Waals surface area contributed by atoms with Gasteiger partial charge in [0.25, 0.3) is 0 Å². The first-order valence-corrected chi connectivity index (χ1v) is 6.50. The van der Waals surface area contributed by atoms with Crippen molar-refractivity contribution in [3.8, 4) is 5.75 Å². The van der Waals surface area contributed by atoms with Crippen molar-refractivity contribution in [2.75, 3.05) is 6.61 Å². The highest BCUT2D eigenvalue weighted by atomic mass is 16.5. The quantitative estimate of drug-likeness (QED) is 0.861. The van der Waals surface area contributed by atoms with E-state index in [0.717, 1.165) is 30.0 Å². The van der Waals surface area contributed by atoms with Gasteiger partial charge in [-0.15, -0.1) is 0 Å². The van der Waals surface area contributed by atoms with E-state index in [4.69, 9.17) is 14.4 Å². The van der Waals surface area contributed by atoms with Gasteiger partial charge < -0.3 is 14.4 Å². The predicted molar refractivity (Wildman–Crippen MR) is 67.8 cm³/mol. The van der Waals surface area contributed by atoms with Crippen LogP contribution in [0.2, 0.25) is 0 Å². The van der Waals surface area contributed by atoms with Gasteiger partial charge in [0, 0.05) is 12.5 Å². The van der Waals surface area contributed by atoms with Crippen molar-refractivity contribution in [2.45, 2.75) is 31.8 Å². The molecule has 2 aromatic rings. The van der Waals surface area contributed by atoms with Gasteiger partial charge in [-0.05, 0) is 37.0 Å². The van der Waals surface area contributed by atoms with Crippen molar-refractivity contribution in [3.05, 3.63) is 41.5 Å². The van der Waals surface area contributed by atoms with E-state index in [0.29, 0.717) is 24.8 Å². The smallest absolute Gasteiger partial charge is 0.229 e. The molecule has 1 aromatic heterocycles. The molecule has 1 fully saturated rings. The number of benzene rings is 1. The van der Waals surface area contributed by atoms with Crippen LogP contribution in [-0.2, 0) is 13.0 Å². The molecule has 0 amide bonds. The zero-order valence-corrected chi connectivity index (χ0v) is 10.6. The van der Waals surface area contributed by atoms with Gasteiger partial charge in [0.2, 0.25) is 11.7 Å². The maximum absolute atomic E-state index is 8.84. The number of rotatable bonds is 6. The van der Waals surface area contributed by atoms with E-state index in [9.17, 15) is 0 Å². The monoisotopic (exact) mass is 260 g/mol. The van der Waals surface area contributed by atoms with Crippen LogP contribution in [0.25, 0.3) is 0 Å². The maximum atomic E-state index is 8.84. The fourth-order valence-corrected chi connectivity index (χ4v) is 1.85. The summed E-state index contributed by atoms with van der Waals surface area (Å²) in [6, 6.07) is 7.65. The maximum Gasteiger partial charge on any atom is 0.229 e. The van der Waals surface area contributed by atoms with Crippen LogP contribution in [0, 0.1) is 0 Å². The Morgan fingerprint density at radius 3 is 2.74 bits per heavy atom. The highest BCUT2D eigenvalue weighted by molar-refractivity contribution is 5.27. The topological polar surface area (TPSA) is 68.4 Å². The first-order valence-electron chi connectivity index (χ1n) is 6.50. The SMILES string of the molecule is OCCc1ccc(OCc2noc(C3CC3)n2)cc1. The van der Waals surface area contributed by atoms with Crippen molar-refractivity contribution in [1.82, 2.24) is 10.1 Å². The molecule has 0 aliphatic heterocycles. The molecule has 1 N–H and O–H groups in total. The third-order valence-corrected chi connectivity index (χ3v) is 3.10. The van der Waals surface area contributed by atoms with E-state index >= 15 is 0 Å². The molecule has 0 saturated heterocycles. The zero-order chi connectivity index (χ0) is 13.1. The third kappa shape index (κ3) is 3.12. The highest BCUT2D eigenvalue weighted by Gasteiger charge is 2.29. The van der Waals surface area contributed by atoms with Crippen molar-refractivity contribution in [3.63, 3.8) is 0 Å². The van der Waals surface area contributed by atoms with Gasteiger partial charge in [-0.3, -0.25) is 0 Å². The summed E-state index contributed by atoms with van der Waals surface area (Å²) in [6.07, 6.45) is 2.96. The molecule has 1 heterocycles. The van der Waals surface area contributed by atoms with Crippen molar-refractivity contribution in [2.24, 2.45) is 0 Å². The third-order valence-electron chi connectivity index (χ3n) is 3.10. The molecule has 19 heavy (non-hydrogen) atoms. The number of ether oxygens (including phenoxy) is 1. The fourth-order valence-electron chi connectivity index (χ4n) is 1.85. The Morgan fingerprint density at radius 2 is 2.05 bits per heavy atom. The molecule has 1 aromatic carbocycles. The van der Waals surface area contributed by atoms with Crippen molar-refractivity contribution in [1.29, 1.82) is 0 Å². The molecule has 1 aliphatic carbocycles. The lowest BCUT2D eigenvalue weighted by atomic mass is 10.1. The van der Waals surface area contributed by atoms with Crippen LogP contribution in [0.5, 0.6) is 5.75 Å². The van der Waals surface area contributed by atoms with Gasteiger partial charge in [-0.25, -0.2) is 0 Å². The molecule has 1 saturated carbocycles. The lowest BCUT2D eigenvalue weighted by Crippen LogP contribution is -1.98. The van der Waals surface area contributed by atoms with E-state index in [-0.39, 0.29) is 6.61 Å². The minimum atomic E-state index is 0.160. The summed E-state index contributed by atoms with van der Waals surface area (Å²) in [6.45, 7) is 0.475. The van der Waals surface area contributed by atoms with E-state index < -0.39 is 0 Å². The molecule has 0 radical (unpaired) electrons. The number of nitrogens with zero attached hydrogens (tertiary/aromatic N) is 2. The molecule has 100 valence electrons. The average Bonchev–Trinajstić information content (AvgIpc) is 3.18. The Balaban J connectivity index is 1.55. The normalized spacial score (nSPS) is 14.6. The number of aliphatic hydroxyl groups is 1. The Morgan fingerprint density at radius 1 is 1.26 bits per heavy atom. The predicted octanol–water partition coefficient (Wildman–Crippen LogP) is 2.06. The Hall–Kier alpha value is -1.88. The zero-order valence-electron chi connectivity index (χ0n) is 10.6. The average molecular weight is 260 g/mol. The summed E-state index contributed by atoms with van der Waals surface area (Å²) in [5.74, 6) is 2.55. The largest absolute Gasteiger partial charge is 0.485 e. The first kappa shape index (κ1) is 12.2. The molecule has 0 spiro atoms. The molecule has 0 unspecified atom stereocenters. The van der Waals surface area contributed by atoms with E-state index in [1.165, 1.54) is 0 Å². The molecule has 5 nitrogen and oxygen atoms in total. The van der Waals surface area contributed by atoms with Gasteiger partial charge in [0.15, 0.2) is 6.61 Å². The number of hydrogen-bond acceptors (Lipinski definition) is 5. The summed E-state index contributed by atoms with van der Waals surface area (Å²) in [7, 11) is 0. The van der Waals surface area contributed by atoms with E-state index in [1.54, 1.807) is 0 Å². The standard InChI is InChI=1S/C14H16N2O3/c17-8-7-10-1-5-12(6-2-10)18-9-13-15-14(19-16-13)11-3-4-11/h1-2,5-6,11,17H,3-4,7-9H2. The minimum Gasteiger partial charge on any atom is -0.485 e. The fraction of sp³-hybridized carbons (Fsp3) is 0.429. The lowest BCUT2D eigenvalue weighted by molar-refractivity contribution is 0.284. The summed E-state index contributed by atoms with van der Waals surface area (Å²) in [5, 5.41) is 12.7. The van der Waals surface area contributed by atoms with Crippen molar-refractivity contribution >= 4 is 0 Å². The van der Waals surface area contributed by atoms with Crippen LogP contribution in [0.15, 0.2) is 28.8 Å². The van der Waals surface area contributed by atoms with Crippen LogP contribution in [0.1, 0.15) is 36.0 Å². The van der Waals surface area contributed by atoms with Crippen LogP contribution in [0.4, 0.5) is 0 Å². The summed E-state index contributed by atoms with van der Waals surface area (Å²) in [5.41, 5.74) is 1.09. The lowest BCUT2D eigenvalue weighted by Gasteiger charge is -2.04. The van der Waals surface area contributed by atoms with Crippen LogP contribution in [-0.4, -0.2) is 21.9 Å². The van der Waals surface area contributed by atoms with Crippen molar-refractivity contribution < 1.29 is 14.4 Å². The Labute approximate surface area is 111 Å². The van der Waals surface area contributed by atoms with Gasteiger partial charge in [-0.2, -0.15) is 4.98 Å². The van der Waals surface area contributed by atoms with Gasteiger partial charge in [-0.1, -0.05) is 17.3 Å². The molecular formula is C14H16N2O3. The number of aromatic nitrogens is 2.